The molecule has 2 radical (unpaired) electrons. The normalized spacial score (nSPS) is 28.7. The highest BCUT2D eigenvalue weighted by Crippen LogP contribution is 2.45. The first-order valence-electron chi connectivity index (χ1n) is 13.6. The highest BCUT2D eigenvalue weighted by Gasteiger charge is 2.42. The first-order valence-corrected chi connectivity index (χ1v) is 15.3. The summed E-state index contributed by atoms with van der Waals surface area (Å²) in [4.78, 5) is 27.3. The number of amides is 3. The molecule has 1 saturated carbocycles. The van der Waals surface area contributed by atoms with Gasteiger partial charge in [-0.3, -0.25) is 0 Å². The maximum Gasteiger partial charge on any atom is 0.407 e. The second kappa shape index (κ2) is 14.1. The fourth-order valence-electron chi connectivity index (χ4n) is 5.33. The van der Waals surface area contributed by atoms with E-state index in [1.54, 1.807) is 4.90 Å². The van der Waals surface area contributed by atoms with Crippen molar-refractivity contribution in [1.82, 2.24) is 15.5 Å². The van der Waals surface area contributed by atoms with Crippen LogP contribution in [0, 0.1) is 10.8 Å². The van der Waals surface area contributed by atoms with Gasteiger partial charge in [0.05, 0.1) is 39.6 Å². The van der Waals surface area contributed by atoms with Crippen molar-refractivity contribution in [3.63, 3.8) is 0 Å². The van der Waals surface area contributed by atoms with Gasteiger partial charge in [-0.05, 0) is 36.5 Å². The fraction of sp³-hybridized carbons (Fsp3) is 0.923. The minimum Gasteiger partial charge on any atom is -0.441 e. The maximum atomic E-state index is 12.8. The Labute approximate surface area is 224 Å². The van der Waals surface area contributed by atoms with Crippen LogP contribution >= 0.6 is 0 Å². The van der Waals surface area contributed by atoms with E-state index in [4.69, 9.17) is 23.7 Å². The van der Waals surface area contributed by atoms with Gasteiger partial charge in [0.15, 0.2) is 6.10 Å². The Morgan fingerprint density at radius 1 is 1.08 bits per heavy atom. The average Bonchev–Trinajstić information content (AvgIpc) is 3.72. The summed E-state index contributed by atoms with van der Waals surface area (Å²) in [6.07, 6.45) is 2.98. The van der Waals surface area contributed by atoms with Gasteiger partial charge in [0, 0.05) is 35.7 Å². The second-order valence-corrected chi connectivity index (χ2v) is 13.2. The van der Waals surface area contributed by atoms with Crippen LogP contribution in [0.25, 0.3) is 0 Å². The van der Waals surface area contributed by atoms with Gasteiger partial charge in [-0.1, -0.05) is 33.4 Å². The van der Waals surface area contributed by atoms with Crippen LogP contribution in [0.4, 0.5) is 9.59 Å². The number of nitrogens with one attached hydrogen (secondary N) is 2. The standard InChI is InChI=1S/C26H47N3O7Si/c1-25(2)9-19(28-23(30)29(4)7-6-8-37-5)10-26(3,17-25)18-27-24(31)36-22(13-32-11-20-15-34-20)14-33-12-21-16-35-21/h19-22H,6-18H2,1-5H3,(H,27,31)(H,28,30). The highest BCUT2D eigenvalue weighted by molar-refractivity contribution is 6.33. The predicted octanol–water partition coefficient (Wildman–Crippen LogP) is 2.70. The van der Waals surface area contributed by atoms with Crippen molar-refractivity contribution < 1.29 is 33.3 Å². The summed E-state index contributed by atoms with van der Waals surface area (Å²) in [6.45, 7) is 13.0. The van der Waals surface area contributed by atoms with E-state index < -0.39 is 12.2 Å². The van der Waals surface area contributed by atoms with Gasteiger partial charge in [0.25, 0.3) is 0 Å². The molecule has 1 aliphatic carbocycles. The summed E-state index contributed by atoms with van der Waals surface area (Å²) < 4.78 is 27.3. The minimum atomic E-state index is -0.510. The van der Waals surface area contributed by atoms with Crippen LogP contribution in [0.2, 0.25) is 12.6 Å². The van der Waals surface area contributed by atoms with Gasteiger partial charge < -0.3 is 39.2 Å². The number of ether oxygens (including phenoxy) is 5. The number of epoxide rings is 2. The van der Waals surface area contributed by atoms with Gasteiger partial charge in [0.1, 0.15) is 12.2 Å². The lowest BCUT2D eigenvalue weighted by atomic mass is 9.62. The van der Waals surface area contributed by atoms with Crippen LogP contribution in [0.3, 0.4) is 0 Å². The van der Waals surface area contributed by atoms with Crippen LogP contribution in [-0.4, -0.2) is 111 Å². The second-order valence-electron chi connectivity index (χ2n) is 12.0. The molecule has 212 valence electrons. The van der Waals surface area contributed by atoms with Crippen molar-refractivity contribution >= 4 is 21.6 Å². The molecule has 0 bridgehead atoms. The van der Waals surface area contributed by atoms with E-state index in [1.165, 1.54) is 0 Å². The smallest absolute Gasteiger partial charge is 0.407 e. The van der Waals surface area contributed by atoms with E-state index in [2.05, 4.69) is 38.0 Å². The van der Waals surface area contributed by atoms with Gasteiger partial charge in [-0.2, -0.15) is 0 Å². The third kappa shape index (κ3) is 11.9. The zero-order chi connectivity index (χ0) is 26.9. The number of nitrogens with zero attached hydrogens (tertiary/aromatic N) is 1. The number of hydrogen-bond donors (Lipinski definition) is 2. The van der Waals surface area contributed by atoms with Gasteiger partial charge in [-0.25, -0.2) is 9.59 Å². The molecular weight excluding hydrogens is 494 g/mol. The van der Waals surface area contributed by atoms with Crippen molar-refractivity contribution in [3.05, 3.63) is 0 Å². The number of carbonyl (C=O) groups excluding carboxylic acids is 2. The van der Waals surface area contributed by atoms with E-state index in [0.29, 0.717) is 33.0 Å². The molecule has 0 aromatic rings. The molecule has 2 N–H and O–H groups in total. The molecule has 3 amide bonds. The van der Waals surface area contributed by atoms with Crippen LogP contribution in [0.15, 0.2) is 0 Å². The summed E-state index contributed by atoms with van der Waals surface area (Å²) in [5.74, 6) is 0. The Balaban J connectivity index is 1.45. The zero-order valence-corrected chi connectivity index (χ0v) is 24.3. The molecule has 2 heterocycles. The number of hydrogen-bond acceptors (Lipinski definition) is 7. The van der Waals surface area contributed by atoms with Crippen molar-refractivity contribution in [1.29, 1.82) is 0 Å². The molecule has 0 aromatic heterocycles. The molecule has 3 rings (SSSR count). The summed E-state index contributed by atoms with van der Waals surface area (Å²) in [5, 5.41) is 6.21. The van der Waals surface area contributed by atoms with Crippen LogP contribution in [-0.2, 0) is 23.7 Å². The largest absolute Gasteiger partial charge is 0.441 e. The van der Waals surface area contributed by atoms with Crippen LogP contribution < -0.4 is 10.6 Å². The predicted molar refractivity (Wildman–Crippen MR) is 141 cm³/mol. The highest BCUT2D eigenvalue weighted by atomic mass is 28.2. The lowest BCUT2D eigenvalue weighted by Crippen LogP contribution is -2.52. The van der Waals surface area contributed by atoms with Crippen LogP contribution in [0.1, 0.15) is 46.5 Å². The minimum absolute atomic E-state index is 0.0205. The van der Waals surface area contributed by atoms with Crippen LogP contribution in [0.5, 0.6) is 0 Å². The molecule has 10 nitrogen and oxygen atoms in total. The zero-order valence-electron chi connectivity index (χ0n) is 23.3. The van der Waals surface area contributed by atoms with Gasteiger partial charge >= 0.3 is 12.1 Å². The fourth-order valence-corrected chi connectivity index (χ4v) is 5.85. The monoisotopic (exact) mass is 541 g/mol. The maximum absolute atomic E-state index is 12.8. The lowest BCUT2D eigenvalue weighted by Gasteiger charge is -2.47. The Hall–Kier alpha value is -1.40. The molecule has 0 aromatic carbocycles. The van der Waals surface area contributed by atoms with Crippen molar-refractivity contribution in [2.75, 3.05) is 59.8 Å². The van der Waals surface area contributed by atoms with E-state index >= 15 is 0 Å². The van der Waals surface area contributed by atoms with E-state index in [1.807, 2.05) is 7.05 Å². The van der Waals surface area contributed by atoms with Crippen molar-refractivity contribution in [3.8, 4) is 0 Å². The molecule has 4 unspecified atom stereocenters. The Kier molecular flexibility index (Phi) is 11.5. The summed E-state index contributed by atoms with van der Waals surface area (Å²) >= 11 is 0. The van der Waals surface area contributed by atoms with Crippen molar-refractivity contribution in [2.45, 2.75) is 83.4 Å². The summed E-state index contributed by atoms with van der Waals surface area (Å²) in [7, 11) is 2.77. The third-order valence-corrected chi connectivity index (χ3v) is 7.84. The number of alkyl carbamates (subject to hydrolysis) is 1. The Bertz CT molecular complexity index is 717. The molecule has 4 atom stereocenters. The van der Waals surface area contributed by atoms with E-state index in [-0.39, 0.29) is 48.3 Å². The molecule has 11 heteroatoms. The molecule has 2 aliphatic heterocycles. The van der Waals surface area contributed by atoms with Gasteiger partial charge in [-0.15, -0.1) is 0 Å². The topological polar surface area (TPSA) is 114 Å². The van der Waals surface area contributed by atoms with E-state index in [0.717, 1.165) is 47.8 Å². The SMILES string of the molecule is C[Si]CCCN(C)C(=O)NC1CC(C)(C)CC(C)(CNC(=O)OC(COCC2CO2)COCC2CO2)C1. The Morgan fingerprint density at radius 2 is 1.70 bits per heavy atom. The molecule has 0 spiro atoms. The molecular formula is C26H47N3O7Si. The number of carbonyl (C=O) groups is 2. The third-order valence-electron chi connectivity index (χ3n) is 6.99. The first-order chi connectivity index (χ1) is 17.6. The molecule has 2 saturated heterocycles. The van der Waals surface area contributed by atoms with Gasteiger partial charge in [0.2, 0.25) is 0 Å². The number of urea groups is 1. The molecule has 3 aliphatic rings. The quantitative estimate of drug-likeness (QED) is 0.175. The first kappa shape index (κ1) is 30.1. The average molecular weight is 542 g/mol. The summed E-state index contributed by atoms with van der Waals surface area (Å²) in [6, 6.07) is 1.18. The van der Waals surface area contributed by atoms with E-state index in [9.17, 15) is 9.59 Å². The number of rotatable bonds is 16. The Morgan fingerprint density at radius 3 is 2.27 bits per heavy atom. The molecule has 37 heavy (non-hydrogen) atoms. The van der Waals surface area contributed by atoms with Crippen molar-refractivity contribution in [2.24, 2.45) is 10.8 Å². The lowest BCUT2D eigenvalue weighted by molar-refractivity contribution is -0.0335. The molecule has 3 fully saturated rings. The summed E-state index contributed by atoms with van der Waals surface area (Å²) in [5.41, 5.74) is -0.131.